The zero-order valence-electron chi connectivity index (χ0n) is 15.5. The van der Waals surface area contributed by atoms with Crippen molar-refractivity contribution in [1.82, 2.24) is 18.6 Å². The van der Waals surface area contributed by atoms with Crippen LogP contribution < -0.4 is 14.4 Å². The highest BCUT2D eigenvalue weighted by Gasteiger charge is 2.40. The minimum absolute atomic E-state index is 0.0316. The second kappa shape index (κ2) is 7.51. The second-order valence-electron chi connectivity index (χ2n) is 6.58. The zero-order valence-corrected chi connectivity index (χ0v) is 16.3. The Labute approximate surface area is 153 Å². The molecule has 2 fully saturated rings. The lowest BCUT2D eigenvalue weighted by molar-refractivity contribution is 0.0975. The van der Waals surface area contributed by atoms with E-state index in [9.17, 15) is 8.42 Å². The molecule has 0 radical (unpaired) electrons. The fourth-order valence-electron chi connectivity index (χ4n) is 3.23. The van der Waals surface area contributed by atoms with Crippen molar-refractivity contribution < 1.29 is 22.6 Å². The van der Waals surface area contributed by atoms with Gasteiger partial charge < -0.3 is 19.1 Å². The molecule has 2 atom stereocenters. The van der Waals surface area contributed by atoms with Gasteiger partial charge in [0.1, 0.15) is 5.82 Å². The molecule has 0 spiro atoms. The summed E-state index contributed by atoms with van der Waals surface area (Å²) in [6.45, 7) is 2.36. The fourth-order valence-corrected chi connectivity index (χ4v) is 4.56. The average molecular weight is 387 g/mol. The Morgan fingerprint density at radius 1 is 1.15 bits per heavy atom. The summed E-state index contributed by atoms with van der Waals surface area (Å²) in [6.07, 6.45) is 0. The van der Waals surface area contributed by atoms with Crippen molar-refractivity contribution in [3.8, 4) is 11.9 Å². The van der Waals surface area contributed by atoms with Gasteiger partial charge in [-0.3, -0.25) is 0 Å². The van der Waals surface area contributed by atoms with Crippen LogP contribution in [0.5, 0.6) is 11.9 Å². The molecule has 146 valence electrons. The van der Waals surface area contributed by atoms with Crippen LogP contribution >= 0.6 is 0 Å². The van der Waals surface area contributed by atoms with Crippen molar-refractivity contribution in [3.63, 3.8) is 0 Å². The Morgan fingerprint density at radius 3 is 2.58 bits per heavy atom. The maximum atomic E-state index is 12.7. The molecule has 0 unspecified atom stereocenters. The first-order chi connectivity index (χ1) is 12.3. The molecule has 0 amide bonds. The average Bonchev–Trinajstić information content (AvgIpc) is 2.92. The van der Waals surface area contributed by atoms with Gasteiger partial charge in [-0.1, -0.05) is 0 Å². The number of hydrogen-bond acceptors (Lipinski definition) is 8. The van der Waals surface area contributed by atoms with E-state index >= 15 is 0 Å². The van der Waals surface area contributed by atoms with Crippen molar-refractivity contribution in [2.75, 3.05) is 66.1 Å². The van der Waals surface area contributed by atoms with Gasteiger partial charge in [0.05, 0.1) is 33.5 Å². The van der Waals surface area contributed by atoms with Gasteiger partial charge in [-0.2, -0.15) is 27.0 Å². The molecule has 2 saturated heterocycles. The van der Waals surface area contributed by atoms with Crippen LogP contribution in [0.3, 0.4) is 0 Å². The minimum Gasteiger partial charge on any atom is -0.481 e. The number of nitrogens with zero attached hydrogens (tertiary/aromatic N) is 5. The summed E-state index contributed by atoms with van der Waals surface area (Å²) in [6, 6.07) is 1.64. The van der Waals surface area contributed by atoms with E-state index in [-0.39, 0.29) is 18.0 Å². The predicted octanol–water partition coefficient (Wildman–Crippen LogP) is -0.563. The molecule has 2 aliphatic rings. The Morgan fingerprint density at radius 2 is 1.92 bits per heavy atom. The molecule has 0 aliphatic carbocycles. The lowest BCUT2D eigenvalue weighted by Gasteiger charge is -2.32. The summed E-state index contributed by atoms with van der Waals surface area (Å²) in [4.78, 5) is 10.6. The van der Waals surface area contributed by atoms with Gasteiger partial charge in [-0.15, -0.1) is 0 Å². The highest BCUT2D eigenvalue weighted by Crippen LogP contribution is 2.28. The van der Waals surface area contributed by atoms with E-state index in [0.717, 1.165) is 0 Å². The number of aromatic nitrogens is 2. The summed E-state index contributed by atoms with van der Waals surface area (Å²) < 4.78 is 44.3. The van der Waals surface area contributed by atoms with Crippen LogP contribution in [-0.2, 0) is 14.9 Å². The fraction of sp³-hybridized carbons (Fsp3) is 0.733. The third-order valence-corrected chi connectivity index (χ3v) is 6.52. The summed E-state index contributed by atoms with van der Waals surface area (Å²) in [5.41, 5.74) is 0. The molecule has 26 heavy (non-hydrogen) atoms. The first-order valence-electron chi connectivity index (χ1n) is 8.34. The van der Waals surface area contributed by atoms with Gasteiger partial charge in [0, 0.05) is 45.7 Å². The summed E-state index contributed by atoms with van der Waals surface area (Å²) >= 11 is 0. The minimum atomic E-state index is -3.53. The Bertz CT molecular complexity index is 722. The van der Waals surface area contributed by atoms with E-state index < -0.39 is 10.2 Å². The lowest BCUT2D eigenvalue weighted by Crippen LogP contribution is -2.50. The SMILES string of the molecule is COc1cc(N2C[C@@H]3COC[C@H](C2)N(S(=O)(=O)N(C)C)C3)nc(OC)n1. The van der Waals surface area contributed by atoms with Gasteiger partial charge in [-0.05, 0) is 0 Å². The third-order valence-electron chi connectivity index (χ3n) is 4.56. The normalized spacial score (nSPS) is 24.4. The maximum Gasteiger partial charge on any atom is 0.321 e. The van der Waals surface area contributed by atoms with Gasteiger partial charge >= 0.3 is 6.01 Å². The smallest absolute Gasteiger partial charge is 0.321 e. The van der Waals surface area contributed by atoms with Crippen molar-refractivity contribution in [1.29, 1.82) is 0 Å². The predicted molar refractivity (Wildman–Crippen MR) is 94.8 cm³/mol. The maximum absolute atomic E-state index is 12.7. The Kier molecular flexibility index (Phi) is 5.51. The van der Waals surface area contributed by atoms with E-state index in [1.165, 1.54) is 18.5 Å². The molecule has 0 N–H and O–H groups in total. The quantitative estimate of drug-likeness (QED) is 0.663. The number of hydrogen-bond donors (Lipinski definition) is 0. The Hall–Kier alpha value is -1.69. The zero-order chi connectivity index (χ0) is 18.9. The molecule has 3 heterocycles. The van der Waals surface area contributed by atoms with Crippen molar-refractivity contribution in [2.45, 2.75) is 6.04 Å². The van der Waals surface area contributed by atoms with E-state index in [4.69, 9.17) is 14.2 Å². The van der Waals surface area contributed by atoms with E-state index in [1.807, 2.05) is 0 Å². The summed E-state index contributed by atoms with van der Waals surface area (Å²) in [7, 11) is 2.58. The molecular formula is C15H25N5O5S. The molecule has 1 aromatic rings. The molecular weight excluding hydrogens is 362 g/mol. The molecule has 11 heteroatoms. The largest absolute Gasteiger partial charge is 0.481 e. The summed E-state index contributed by atoms with van der Waals surface area (Å²) in [5, 5.41) is 0. The third kappa shape index (κ3) is 3.70. The number of fused-ring (bicyclic) bond motifs is 3. The standard InChI is InChI=1S/C15H25N5O5S/c1-18(2)26(21,22)20-7-11-6-19(8-12(20)10-25-9-11)13-5-14(23-3)17-15(16-13)24-4/h5,11-12H,6-10H2,1-4H3/t11-,12-/m0/s1. The van der Waals surface area contributed by atoms with Gasteiger partial charge in [0.25, 0.3) is 10.2 Å². The van der Waals surface area contributed by atoms with E-state index in [1.54, 1.807) is 24.5 Å². The topological polar surface area (TPSA) is 97.3 Å². The van der Waals surface area contributed by atoms with Crippen molar-refractivity contribution in [2.24, 2.45) is 5.92 Å². The Balaban J connectivity index is 1.94. The highest BCUT2D eigenvalue weighted by atomic mass is 32.2. The molecule has 2 bridgehead atoms. The first kappa shape index (κ1) is 19.1. The number of ether oxygens (including phenoxy) is 3. The van der Waals surface area contributed by atoms with Gasteiger partial charge in [0.15, 0.2) is 0 Å². The number of anilines is 1. The van der Waals surface area contributed by atoms with Crippen LogP contribution in [0.1, 0.15) is 0 Å². The first-order valence-corrected chi connectivity index (χ1v) is 9.74. The van der Waals surface area contributed by atoms with E-state index in [2.05, 4.69) is 14.9 Å². The molecule has 0 aromatic carbocycles. The molecule has 3 rings (SSSR count). The molecule has 1 aromatic heterocycles. The summed E-state index contributed by atoms with van der Waals surface area (Å²) in [5.74, 6) is 1.08. The number of rotatable bonds is 5. The van der Waals surface area contributed by atoms with Gasteiger partial charge in [-0.25, -0.2) is 0 Å². The van der Waals surface area contributed by atoms with Crippen LogP contribution in [0.4, 0.5) is 5.82 Å². The van der Waals surface area contributed by atoms with Crippen molar-refractivity contribution in [3.05, 3.63) is 6.07 Å². The van der Waals surface area contributed by atoms with Crippen LogP contribution in [-0.4, -0.2) is 94.2 Å². The van der Waals surface area contributed by atoms with Crippen LogP contribution in [0.25, 0.3) is 0 Å². The monoisotopic (exact) mass is 387 g/mol. The lowest BCUT2D eigenvalue weighted by atomic mass is 10.1. The number of methoxy groups -OCH3 is 2. The molecule has 10 nitrogen and oxygen atoms in total. The molecule has 0 saturated carbocycles. The molecule has 2 aliphatic heterocycles. The van der Waals surface area contributed by atoms with Crippen LogP contribution in [0.2, 0.25) is 0 Å². The van der Waals surface area contributed by atoms with E-state index in [0.29, 0.717) is 44.5 Å². The van der Waals surface area contributed by atoms with Crippen LogP contribution in [0, 0.1) is 5.92 Å². The van der Waals surface area contributed by atoms with Crippen molar-refractivity contribution >= 4 is 16.0 Å². The van der Waals surface area contributed by atoms with Gasteiger partial charge in [0.2, 0.25) is 5.88 Å². The highest BCUT2D eigenvalue weighted by molar-refractivity contribution is 7.86. The second-order valence-corrected chi connectivity index (χ2v) is 8.67. The van der Waals surface area contributed by atoms with Crippen LogP contribution in [0.15, 0.2) is 6.07 Å².